The van der Waals surface area contributed by atoms with Crippen LogP contribution in [0, 0.1) is 11.3 Å². The van der Waals surface area contributed by atoms with E-state index in [4.69, 9.17) is 10.00 Å². The van der Waals surface area contributed by atoms with Gasteiger partial charge in [-0.25, -0.2) is 4.79 Å². The third kappa shape index (κ3) is 3.84. The number of fused-ring (bicyclic) bond motifs is 1. The highest BCUT2D eigenvalue weighted by Crippen LogP contribution is 2.24. The van der Waals surface area contributed by atoms with Crippen molar-refractivity contribution in [3.05, 3.63) is 65.7 Å². The van der Waals surface area contributed by atoms with E-state index < -0.39 is 36.3 Å². The third-order valence-electron chi connectivity index (χ3n) is 4.49. The minimum atomic E-state index is -1.20. The Morgan fingerprint density at radius 2 is 1.59 bits per heavy atom. The minimum absolute atomic E-state index is 0.214. The Morgan fingerprint density at radius 3 is 2.14 bits per heavy atom. The number of imide groups is 1. The minimum Gasteiger partial charge on any atom is -0.454 e. The van der Waals surface area contributed by atoms with Gasteiger partial charge in [0.25, 0.3) is 17.7 Å². The van der Waals surface area contributed by atoms with Crippen molar-refractivity contribution in [2.75, 3.05) is 18.1 Å². The van der Waals surface area contributed by atoms with Gasteiger partial charge in [-0.1, -0.05) is 30.3 Å². The summed E-state index contributed by atoms with van der Waals surface area (Å²) in [6, 6.07) is 15.5. The zero-order valence-corrected chi connectivity index (χ0v) is 15.6. The summed E-state index contributed by atoms with van der Waals surface area (Å²) in [6.45, 7) is 0.524. The Labute approximate surface area is 166 Å². The van der Waals surface area contributed by atoms with Crippen LogP contribution in [0.2, 0.25) is 0 Å². The van der Waals surface area contributed by atoms with Gasteiger partial charge in [0, 0.05) is 5.69 Å². The molecule has 0 aliphatic carbocycles. The first-order valence-corrected chi connectivity index (χ1v) is 8.81. The molecule has 3 rings (SSSR count). The maximum Gasteiger partial charge on any atom is 0.329 e. The molecule has 0 aromatic heterocycles. The van der Waals surface area contributed by atoms with Crippen LogP contribution in [-0.4, -0.2) is 47.8 Å². The predicted octanol–water partition coefficient (Wildman–Crippen LogP) is 1.77. The second kappa shape index (κ2) is 8.35. The number of carbonyl (C=O) groups excluding carboxylic acids is 4. The normalized spacial score (nSPS) is 13.4. The van der Waals surface area contributed by atoms with Crippen LogP contribution in [-0.2, 0) is 14.3 Å². The van der Waals surface area contributed by atoms with E-state index in [2.05, 4.69) is 0 Å². The van der Waals surface area contributed by atoms with Crippen molar-refractivity contribution in [3.8, 4) is 6.07 Å². The van der Waals surface area contributed by atoms with E-state index in [0.717, 1.165) is 4.90 Å². The molecular formula is C21H17N3O5. The summed E-state index contributed by atoms with van der Waals surface area (Å²) in [6.07, 6.45) is 0. The number of nitrogens with zero attached hydrogens (tertiary/aromatic N) is 3. The lowest BCUT2D eigenvalue weighted by Gasteiger charge is -2.22. The molecule has 0 unspecified atom stereocenters. The number of esters is 1. The number of hydrogen-bond acceptors (Lipinski definition) is 6. The van der Waals surface area contributed by atoms with E-state index in [1.807, 2.05) is 6.07 Å². The van der Waals surface area contributed by atoms with Gasteiger partial charge >= 0.3 is 5.97 Å². The van der Waals surface area contributed by atoms with Crippen LogP contribution in [0.4, 0.5) is 5.69 Å². The molecule has 0 fully saturated rings. The van der Waals surface area contributed by atoms with Crippen LogP contribution < -0.4 is 4.90 Å². The van der Waals surface area contributed by atoms with Crippen molar-refractivity contribution < 1.29 is 23.9 Å². The van der Waals surface area contributed by atoms with Crippen molar-refractivity contribution in [2.45, 2.75) is 13.0 Å². The first-order valence-electron chi connectivity index (χ1n) is 8.81. The smallest absolute Gasteiger partial charge is 0.329 e. The van der Waals surface area contributed by atoms with Crippen molar-refractivity contribution in [1.29, 1.82) is 5.26 Å². The lowest BCUT2D eigenvalue weighted by atomic mass is 10.1. The van der Waals surface area contributed by atoms with Gasteiger partial charge in [-0.3, -0.25) is 24.2 Å². The van der Waals surface area contributed by atoms with Gasteiger partial charge in [-0.2, -0.15) is 5.26 Å². The van der Waals surface area contributed by atoms with Crippen molar-refractivity contribution in [3.63, 3.8) is 0 Å². The molecule has 0 bridgehead atoms. The highest BCUT2D eigenvalue weighted by molar-refractivity contribution is 6.22. The Hall–Kier alpha value is -3.99. The fraction of sp³-hybridized carbons (Fsp3) is 0.190. The van der Waals surface area contributed by atoms with E-state index >= 15 is 0 Å². The third-order valence-corrected chi connectivity index (χ3v) is 4.49. The summed E-state index contributed by atoms with van der Waals surface area (Å²) in [5, 5.41) is 8.97. The number of ether oxygens (including phenoxy) is 1. The lowest BCUT2D eigenvalue weighted by molar-refractivity contribution is -0.151. The number of benzene rings is 2. The zero-order valence-electron chi connectivity index (χ0n) is 15.6. The quantitative estimate of drug-likeness (QED) is 0.422. The molecule has 1 aliphatic rings. The van der Waals surface area contributed by atoms with Crippen LogP contribution in [0.15, 0.2) is 54.6 Å². The molecule has 0 saturated heterocycles. The average molecular weight is 391 g/mol. The first-order chi connectivity index (χ1) is 14.0. The highest BCUT2D eigenvalue weighted by Gasteiger charge is 2.41. The Morgan fingerprint density at radius 1 is 1.03 bits per heavy atom. The van der Waals surface area contributed by atoms with E-state index in [1.54, 1.807) is 42.5 Å². The number of amides is 3. The molecule has 1 atom stereocenters. The molecule has 0 saturated carbocycles. The van der Waals surface area contributed by atoms with Crippen LogP contribution in [0.25, 0.3) is 0 Å². The van der Waals surface area contributed by atoms with Crippen molar-refractivity contribution >= 4 is 29.4 Å². The summed E-state index contributed by atoms with van der Waals surface area (Å²) in [5.74, 6) is -2.66. The number of para-hydroxylation sites is 1. The van der Waals surface area contributed by atoms with Gasteiger partial charge in [-0.15, -0.1) is 0 Å². The summed E-state index contributed by atoms with van der Waals surface area (Å²) in [4.78, 5) is 51.7. The molecule has 0 radical (unpaired) electrons. The number of rotatable bonds is 6. The number of anilines is 1. The topological polar surface area (TPSA) is 108 Å². The fourth-order valence-electron chi connectivity index (χ4n) is 3.00. The van der Waals surface area contributed by atoms with Crippen LogP contribution in [0.5, 0.6) is 0 Å². The van der Waals surface area contributed by atoms with Gasteiger partial charge in [0.2, 0.25) is 0 Å². The first kappa shape index (κ1) is 19.8. The lowest BCUT2D eigenvalue weighted by Crippen LogP contribution is -2.45. The molecule has 146 valence electrons. The number of nitriles is 1. The molecule has 0 N–H and O–H groups in total. The van der Waals surface area contributed by atoms with Crippen molar-refractivity contribution in [2.24, 2.45) is 0 Å². The summed E-state index contributed by atoms with van der Waals surface area (Å²) in [7, 11) is 0. The SMILES string of the molecule is C[C@@H](C(=O)OCC(=O)N(CC#N)c1ccccc1)N1C(=O)c2ccccc2C1=O. The van der Waals surface area contributed by atoms with Gasteiger partial charge in [0.15, 0.2) is 6.61 Å². The van der Waals surface area contributed by atoms with Crippen molar-refractivity contribution in [1.82, 2.24) is 4.90 Å². The predicted molar refractivity (Wildman–Crippen MR) is 102 cm³/mol. The monoisotopic (exact) mass is 391 g/mol. The zero-order chi connectivity index (χ0) is 21.0. The fourth-order valence-corrected chi connectivity index (χ4v) is 3.00. The molecular weight excluding hydrogens is 374 g/mol. The maximum atomic E-state index is 12.5. The van der Waals surface area contributed by atoms with Gasteiger partial charge < -0.3 is 4.74 Å². The molecule has 1 aliphatic heterocycles. The summed E-state index contributed by atoms with van der Waals surface area (Å²) < 4.78 is 5.04. The summed E-state index contributed by atoms with van der Waals surface area (Å²) in [5.41, 5.74) is 0.929. The van der Waals surface area contributed by atoms with E-state index in [0.29, 0.717) is 5.69 Å². The Bertz CT molecular complexity index is 977. The molecule has 8 nitrogen and oxygen atoms in total. The van der Waals surface area contributed by atoms with E-state index in [1.165, 1.54) is 24.0 Å². The van der Waals surface area contributed by atoms with Gasteiger partial charge in [0.1, 0.15) is 12.6 Å². The van der Waals surface area contributed by atoms with E-state index in [9.17, 15) is 19.2 Å². The van der Waals surface area contributed by atoms with E-state index in [-0.39, 0.29) is 17.7 Å². The van der Waals surface area contributed by atoms with Crippen LogP contribution in [0.3, 0.4) is 0 Å². The van der Waals surface area contributed by atoms with Crippen LogP contribution in [0.1, 0.15) is 27.6 Å². The Kier molecular flexibility index (Phi) is 5.69. The second-order valence-corrected chi connectivity index (χ2v) is 6.28. The largest absolute Gasteiger partial charge is 0.454 e. The molecule has 2 aromatic carbocycles. The van der Waals surface area contributed by atoms with Gasteiger partial charge in [-0.05, 0) is 31.2 Å². The molecule has 8 heteroatoms. The number of carbonyl (C=O) groups is 4. The maximum absolute atomic E-state index is 12.5. The number of hydrogen-bond donors (Lipinski definition) is 0. The summed E-state index contributed by atoms with van der Waals surface area (Å²) >= 11 is 0. The molecule has 3 amide bonds. The van der Waals surface area contributed by atoms with Gasteiger partial charge in [0.05, 0.1) is 17.2 Å². The average Bonchev–Trinajstić information content (AvgIpc) is 3.00. The van der Waals surface area contributed by atoms with Crippen LogP contribution >= 0.6 is 0 Å². The standard InChI is InChI=1S/C21H17N3O5/c1-14(24-19(26)16-9-5-6-10-17(16)20(24)27)21(28)29-13-18(25)23(12-11-22)15-7-3-2-4-8-15/h2-10,14H,12-13H2,1H3/t14-/m0/s1. The second-order valence-electron chi connectivity index (χ2n) is 6.28. The molecule has 29 heavy (non-hydrogen) atoms. The molecule has 2 aromatic rings. The Balaban J connectivity index is 1.66. The molecule has 0 spiro atoms. The highest BCUT2D eigenvalue weighted by atomic mass is 16.5. The molecule has 1 heterocycles.